The van der Waals surface area contributed by atoms with Crippen LogP contribution < -0.4 is 0 Å². The number of hydrogen-bond donors (Lipinski definition) is 0. The van der Waals surface area contributed by atoms with E-state index in [-0.39, 0.29) is 12.2 Å². The molecule has 0 bridgehead atoms. The summed E-state index contributed by atoms with van der Waals surface area (Å²) in [5.74, 6) is 0.726. The van der Waals surface area contributed by atoms with E-state index >= 15 is 0 Å². The van der Waals surface area contributed by atoms with Crippen LogP contribution >= 0.6 is 0 Å². The standard InChI is InChI=1S/C17H35NO2/c1-7-9-10-11-12-13-18(8-2)17(19)20-16(14(3)4)15(5)6/h14-16H,7-13H2,1-6H3. The van der Waals surface area contributed by atoms with Gasteiger partial charge in [-0.3, -0.25) is 0 Å². The second kappa shape index (κ2) is 11.0. The average Bonchev–Trinajstić information content (AvgIpc) is 2.39. The minimum Gasteiger partial charge on any atom is -0.446 e. The summed E-state index contributed by atoms with van der Waals surface area (Å²) in [6, 6.07) is 0. The van der Waals surface area contributed by atoms with Crippen molar-refractivity contribution in [1.82, 2.24) is 4.90 Å². The first kappa shape index (κ1) is 19.3. The Balaban J connectivity index is 4.18. The number of carbonyl (C=O) groups is 1. The van der Waals surface area contributed by atoms with Gasteiger partial charge in [0.25, 0.3) is 0 Å². The normalized spacial score (nSPS) is 11.4. The lowest BCUT2D eigenvalue weighted by molar-refractivity contribution is 0.0191. The minimum atomic E-state index is -0.143. The smallest absolute Gasteiger partial charge is 0.410 e. The third-order valence-corrected chi connectivity index (χ3v) is 3.72. The number of nitrogens with zero attached hydrogens (tertiary/aromatic N) is 1. The van der Waals surface area contributed by atoms with Crippen LogP contribution in [0.4, 0.5) is 4.79 Å². The second-order valence-corrected chi connectivity index (χ2v) is 6.33. The summed E-state index contributed by atoms with van der Waals surface area (Å²) in [6.45, 7) is 14.2. The van der Waals surface area contributed by atoms with E-state index in [1.807, 2.05) is 11.8 Å². The molecule has 0 atom stereocenters. The van der Waals surface area contributed by atoms with Gasteiger partial charge in [-0.2, -0.15) is 0 Å². The largest absolute Gasteiger partial charge is 0.446 e. The molecule has 0 saturated carbocycles. The maximum Gasteiger partial charge on any atom is 0.410 e. The maximum atomic E-state index is 12.2. The molecule has 0 saturated heterocycles. The highest BCUT2D eigenvalue weighted by molar-refractivity contribution is 5.67. The van der Waals surface area contributed by atoms with Crippen LogP contribution in [0.25, 0.3) is 0 Å². The quantitative estimate of drug-likeness (QED) is 0.523. The monoisotopic (exact) mass is 285 g/mol. The molecule has 0 aliphatic carbocycles. The number of ether oxygens (including phenoxy) is 1. The highest BCUT2D eigenvalue weighted by Crippen LogP contribution is 2.17. The molecule has 0 fully saturated rings. The Morgan fingerprint density at radius 2 is 1.50 bits per heavy atom. The molecule has 3 heteroatoms. The van der Waals surface area contributed by atoms with Crippen molar-refractivity contribution in [2.24, 2.45) is 11.8 Å². The third kappa shape index (κ3) is 7.76. The van der Waals surface area contributed by atoms with Crippen LogP contribution in [0.3, 0.4) is 0 Å². The first-order valence-electron chi connectivity index (χ1n) is 8.39. The Labute approximate surface area is 126 Å². The Hall–Kier alpha value is -0.730. The van der Waals surface area contributed by atoms with Gasteiger partial charge in [-0.1, -0.05) is 60.3 Å². The van der Waals surface area contributed by atoms with Crippen LogP contribution in [0.2, 0.25) is 0 Å². The molecule has 0 aromatic rings. The fraction of sp³-hybridized carbons (Fsp3) is 0.941. The lowest BCUT2D eigenvalue weighted by atomic mass is 9.96. The van der Waals surface area contributed by atoms with E-state index < -0.39 is 0 Å². The molecule has 0 radical (unpaired) electrons. The summed E-state index contributed by atoms with van der Waals surface area (Å²) < 4.78 is 5.69. The molecule has 0 N–H and O–H groups in total. The van der Waals surface area contributed by atoms with Gasteiger partial charge >= 0.3 is 6.09 Å². The predicted octanol–water partition coefficient (Wildman–Crippen LogP) is 5.10. The van der Waals surface area contributed by atoms with Crippen LogP contribution in [-0.2, 0) is 4.74 Å². The maximum absolute atomic E-state index is 12.2. The van der Waals surface area contributed by atoms with Crippen molar-refractivity contribution in [3.8, 4) is 0 Å². The first-order valence-corrected chi connectivity index (χ1v) is 8.39. The summed E-state index contributed by atoms with van der Waals surface area (Å²) in [6.07, 6.45) is 5.96. The fourth-order valence-electron chi connectivity index (χ4n) is 2.52. The van der Waals surface area contributed by atoms with E-state index in [0.717, 1.165) is 19.5 Å². The molecule has 20 heavy (non-hydrogen) atoms. The molecule has 0 unspecified atom stereocenters. The van der Waals surface area contributed by atoms with Gasteiger partial charge in [0.1, 0.15) is 6.10 Å². The lowest BCUT2D eigenvalue weighted by Crippen LogP contribution is -2.38. The van der Waals surface area contributed by atoms with Crippen LogP contribution in [0.15, 0.2) is 0 Å². The molecule has 0 aliphatic rings. The molecule has 0 aromatic carbocycles. The lowest BCUT2D eigenvalue weighted by Gasteiger charge is -2.29. The van der Waals surface area contributed by atoms with Gasteiger partial charge < -0.3 is 9.64 Å². The summed E-state index contributed by atoms with van der Waals surface area (Å²) in [4.78, 5) is 14.1. The van der Waals surface area contributed by atoms with Crippen molar-refractivity contribution < 1.29 is 9.53 Å². The Kier molecular flexibility index (Phi) is 10.6. The van der Waals surface area contributed by atoms with Crippen LogP contribution in [0.1, 0.15) is 73.6 Å². The summed E-state index contributed by atoms with van der Waals surface area (Å²) in [7, 11) is 0. The molecule has 0 aliphatic heterocycles. The van der Waals surface area contributed by atoms with E-state index in [2.05, 4.69) is 34.6 Å². The first-order chi connectivity index (χ1) is 9.43. The predicted molar refractivity (Wildman–Crippen MR) is 86.0 cm³/mol. The van der Waals surface area contributed by atoms with E-state index in [1.54, 1.807) is 0 Å². The number of rotatable bonds is 10. The molecular formula is C17H35NO2. The van der Waals surface area contributed by atoms with Gasteiger partial charge in [0.15, 0.2) is 0 Å². The van der Waals surface area contributed by atoms with Gasteiger partial charge in [-0.05, 0) is 25.2 Å². The number of amides is 1. The highest BCUT2D eigenvalue weighted by atomic mass is 16.6. The van der Waals surface area contributed by atoms with E-state index in [4.69, 9.17) is 4.74 Å². The third-order valence-electron chi connectivity index (χ3n) is 3.72. The van der Waals surface area contributed by atoms with Gasteiger partial charge in [-0.25, -0.2) is 4.79 Å². The number of carbonyl (C=O) groups excluding carboxylic acids is 1. The topological polar surface area (TPSA) is 29.5 Å². The molecule has 0 heterocycles. The van der Waals surface area contributed by atoms with E-state index in [9.17, 15) is 4.79 Å². The van der Waals surface area contributed by atoms with Crippen molar-refractivity contribution in [3.05, 3.63) is 0 Å². The summed E-state index contributed by atoms with van der Waals surface area (Å²) >= 11 is 0. The fourth-order valence-corrected chi connectivity index (χ4v) is 2.52. The molecular weight excluding hydrogens is 250 g/mol. The van der Waals surface area contributed by atoms with Gasteiger partial charge in [0.2, 0.25) is 0 Å². The van der Waals surface area contributed by atoms with Crippen molar-refractivity contribution in [2.75, 3.05) is 13.1 Å². The summed E-state index contributed by atoms with van der Waals surface area (Å²) in [5.41, 5.74) is 0. The molecule has 120 valence electrons. The molecule has 0 spiro atoms. The molecule has 0 aromatic heterocycles. The van der Waals surface area contributed by atoms with Crippen LogP contribution in [-0.4, -0.2) is 30.2 Å². The minimum absolute atomic E-state index is 0.0108. The zero-order valence-corrected chi connectivity index (χ0v) is 14.4. The average molecular weight is 285 g/mol. The van der Waals surface area contributed by atoms with Crippen molar-refractivity contribution in [2.45, 2.75) is 79.8 Å². The van der Waals surface area contributed by atoms with Crippen LogP contribution in [0, 0.1) is 11.8 Å². The van der Waals surface area contributed by atoms with Crippen molar-refractivity contribution in [3.63, 3.8) is 0 Å². The summed E-state index contributed by atoms with van der Waals surface area (Å²) in [5, 5.41) is 0. The zero-order valence-electron chi connectivity index (χ0n) is 14.4. The van der Waals surface area contributed by atoms with E-state index in [0.29, 0.717) is 11.8 Å². The van der Waals surface area contributed by atoms with Gasteiger partial charge in [0.05, 0.1) is 0 Å². The van der Waals surface area contributed by atoms with Gasteiger partial charge in [0, 0.05) is 13.1 Å². The van der Waals surface area contributed by atoms with Crippen LogP contribution in [0.5, 0.6) is 0 Å². The Morgan fingerprint density at radius 3 is 1.95 bits per heavy atom. The molecule has 0 rings (SSSR count). The SMILES string of the molecule is CCCCCCCN(CC)C(=O)OC(C(C)C)C(C)C. The molecule has 1 amide bonds. The van der Waals surface area contributed by atoms with E-state index in [1.165, 1.54) is 25.7 Å². The highest BCUT2D eigenvalue weighted by Gasteiger charge is 2.24. The van der Waals surface area contributed by atoms with Crippen molar-refractivity contribution >= 4 is 6.09 Å². The second-order valence-electron chi connectivity index (χ2n) is 6.33. The number of unbranched alkanes of at least 4 members (excludes halogenated alkanes) is 4. The number of hydrogen-bond acceptors (Lipinski definition) is 2. The molecule has 3 nitrogen and oxygen atoms in total. The Bertz CT molecular complexity index is 243. The Morgan fingerprint density at radius 1 is 0.950 bits per heavy atom. The zero-order chi connectivity index (χ0) is 15.5. The van der Waals surface area contributed by atoms with Crippen molar-refractivity contribution in [1.29, 1.82) is 0 Å². The van der Waals surface area contributed by atoms with Gasteiger partial charge in [-0.15, -0.1) is 0 Å².